The SMILES string of the molecule is CC(=O)OC[C@H](CO)c1c(O)c(O)c2c(c1O)C(=O)C(=O)[C@H]1C(C)(C)[C@@H](OC(C)=O)CC[C@]21C. The van der Waals surface area contributed by atoms with Gasteiger partial charge < -0.3 is 29.9 Å². The maximum absolute atomic E-state index is 13.4. The Bertz CT molecular complexity index is 1070. The number of hydrogen-bond donors (Lipinski definition) is 4. The number of hydrogen-bond acceptors (Lipinski definition) is 10. The van der Waals surface area contributed by atoms with Crippen molar-refractivity contribution in [3.63, 3.8) is 0 Å². The molecule has 0 amide bonds. The normalized spacial score (nSPS) is 26.3. The Labute approximate surface area is 196 Å². The van der Waals surface area contributed by atoms with Gasteiger partial charge in [0.2, 0.25) is 11.6 Å². The number of ketones is 2. The van der Waals surface area contributed by atoms with E-state index in [0.29, 0.717) is 6.42 Å². The van der Waals surface area contributed by atoms with Gasteiger partial charge in [-0.05, 0) is 12.8 Å². The van der Waals surface area contributed by atoms with Crippen LogP contribution in [0.25, 0.3) is 0 Å². The molecule has 2 aliphatic carbocycles. The van der Waals surface area contributed by atoms with E-state index in [1.807, 2.05) is 0 Å². The molecule has 4 atom stereocenters. The number of rotatable bonds is 5. The minimum atomic E-state index is -1.18. The van der Waals surface area contributed by atoms with Crippen LogP contribution in [0, 0.1) is 11.3 Å². The number of aromatic hydroxyl groups is 3. The molecule has 0 unspecified atom stereocenters. The van der Waals surface area contributed by atoms with Crippen LogP contribution in [0.5, 0.6) is 17.2 Å². The van der Waals surface area contributed by atoms with Crippen LogP contribution < -0.4 is 0 Å². The lowest BCUT2D eigenvalue weighted by Crippen LogP contribution is -2.60. The fourth-order valence-corrected chi connectivity index (χ4v) is 5.85. The van der Waals surface area contributed by atoms with Crippen LogP contribution in [0.15, 0.2) is 0 Å². The first-order chi connectivity index (χ1) is 15.7. The van der Waals surface area contributed by atoms with Gasteiger partial charge in [0.05, 0.1) is 12.2 Å². The zero-order chi connectivity index (χ0) is 25.7. The maximum Gasteiger partial charge on any atom is 0.302 e. The van der Waals surface area contributed by atoms with Crippen LogP contribution in [-0.2, 0) is 29.3 Å². The van der Waals surface area contributed by atoms with Gasteiger partial charge in [-0.15, -0.1) is 0 Å². The molecule has 3 rings (SSSR count). The van der Waals surface area contributed by atoms with E-state index < -0.39 is 93.9 Å². The first-order valence-electron chi connectivity index (χ1n) is 11.0. The first kappa shape index (κ1) is 25.5. The van der Waals surface area contributed by atoms with Crippen LogP contribution in [0.4, 0.5) is 0 Å². The van der Waals surface area contributed by atoms with E-state index in [1.165, 1.54) is 6.92 Å². The van der Waals surface area contributed by atoms with Crippen LogP contribution in [0.3, 0.4) is 0 Å². The average molecular weight is 478 g/mol. The molecule has 186 valence electrons. The summed E-state index contributed by atoms with van der Waals surface area (Å²) in [5.41, 5.74) is -3.09. The van der Waals surface area contributed by atoms with Crippen molar-refractivity contribution >= 4 is 23.5 Å². The number of phenolic OH excluding ortho intramolecular Hbond substituents is 3. The number of esters is 2. The smallest absolute Gasteiger partial charge is 0.302 e. The fourth-order valence-electron chi connectivity index (χ4n) is 5.85. The van der Waals surface area contributed by atoms with E-state index in [9.17, 15) is 39.6 Å². The molecule has 10 nitrogen and oxygen atoms in total. The van der Waals surface area contributed by atoms with Gasteiger partial charge in [-0.25, -0.2) is 0 Å². The predicted molar refractivity (Wildman–Crippen MR) is 117 cm³/mol. The van der Waals surface area contributed by atoms with Crippen molar-refractivity contribution in [2.75, 3.05) is 13.2 Å². The highest BCUT2D eigenvalue weighted by molar-refractivity contribution is 6.47. The van der Waals surface area contributed by atoms with E-state index in [1.54, 1.807) is 20.8 Å². The second kappa shape index (κ2) is 8.57. The summed E-state index contributed by atoms with van der Waals surface area (Å²) >= 11 is 0. The topological polar surface area (TPSA) is 168 Å². The molecule has 4 N–H and O–H groups in total. The van der Waals surface area contributed by atoms with Crippen molar-refractivity contribution in [1.29, 1.82) is 0 Å². The number of fused-ring (bicyclic) bond motifs is 3. The lowest BCUT2D eigenvalue weighted by atomic mass is 9.48. The highest BCUT2D eigenvalue weighted by Crippen LogP contribution is 2.61. The Hall–Kier alpha value is -3.14. The number of aliphatic hydroxyl groups excluding tert-OH is 1. The van der Waals surface area contributed by atoms with Gasteiger partial charge in [0.1, 0.15) is 18.5 Å². The van der Waals surface area contributed by atoms with Gasteiger partial charge in [0.25, 0.3) is 0 Å². The van der Waals surface area contributed by atoms with E-state index in [-0.39, 0.29) is 12.0 Å². The maximum atomic E-state index is 13.4. The Morgan fingerprint density at radius 3 is 2.18 bits per heavy atom. The highest BCUT2D eigenvalue weighted by atomic mass is 16.5. The van der Waals surface area contributed by atoms with Crippen molar-refractivity contribution in [2.45, 2.75) is 64.9 Å². The van der Waals surface area contributed by atoms with Gasteiger partial charge in [-0.2, -0.15) is 0 Å². The minimum absolute atomic E-state index is 0.0700. The predicted octanol–water partition coefficient (Wildman–Crippen LogP) is 1.83. The van der Waals surface area contributed by atoms with Crippen LogP contribution in [0.2, 0.25) is 0 Å². The van der Waals surface area contributed by atoms with Gasteiger partial charge >= 0.3 is 11.9 Å². The lowest BCUT2D eigenvalue weighted by Gasteiger charge is -2.55. The molecular weight excluding hydrogens is 448 g/mol. The third-order valence-corrected chi connectivity index (χ3v) is 7.30. The molecule has 10 heteroatoms. The fraction of sp³-hybridized carbons (Fsp3) is 0.583. The number of carbonyl (C=O) groups is 4. The Morgan fingerprint density at radius 2 is 1.65 bits per heavy atom. The third-order valence-electron chi connectivity index (χ3n) is 7.30. The number of phenols is 3. The minimum Gasteiger partial charge on any atom is -0.507 e. The highest BCUT2D eigenvalue weighted by Gasteiger charge is 2.62. The summed E-state index contributed by atoms with van der Waals surface area (Å²) in [4.78, 5) is 49.5. The van der Waals surface area contributed by atoms with Crippen molar-refractivity contribution in [3.8, 4) is 17.2 Å². The Kier molecular flexibility index (Phi) is 6.43. The molecule has 0 heterocycles. The monoisotopic (exact) mass is 478 g/mol. The summed E-state index contributed by atoms with van der Waals surface area (Å²) in [5, 5.41) is 42.7. The van der Waals surface area contributed by atoms with Crippen LogP contribution in [-0.4, -0.2) is 63.2 Å². The molecule has 2 aliphatic rings. The number of benzene rings is 1. The largest absolute Gasteiger partial charge is 0.507 e. The summed E-state index contributed by atoms with van der Waals surface area (Å²) in [5.74, 6) is -7.47. The second-order valence-corrected chi connectivity index (χ2v) is 9.89. The van der Waals surface area contributed by atoms with Gasteiger partial charge in [0.15, 0.2) is 11.5 Å². The Morgan fingerprint density at radius 1 is 1.03 bits per heavy atom. The van der Waals surface area contributed by atoms with Crippen molar-refractivity contribution in [2.24, 2.45) is 11.3 Å². The van der Waals surface area contributed by atoms with E-state index in [4.69, 9.17) is 9.47 Å². The van der Waals surface area contributed by atoms with Crippen molar-refractivity contribution < 1.29 is 49.1 Å². The standard InChI is InChI=1S/C24H30O10/c1-10(26)33-9-12(8-25)14-17(28)15-16(20(31)18(14)29)24(5)7-6-13(34-11(2)27)23(3,4)22(24)21(32)19(15)30/h12-13,22,25,28-29,31H,6-9H2,1-5H3/t12-,13-,22-,24+/m0/s1. The molecule has 0 aromatic heterocycles. The molecular formula is C24H30O10. The first-order valence-corrected chi connectivity index (χ1v) is 11.0. The summed E-state index contributed by atoms with van der Waals surface area (Å²) in [7, 11) is 0. The quantitative estimate of drug-likeness (QED) is 0.212. The van der Waals surface area contributed by atoms with Gasteiger partial charge in [-0.3, -0.25) is 19.2 Å². The summed E-state index contributed by atoms with van der Waals surface area (Å²) in [6.45, 7) is 6.32. The van der Waals surface area contributed by atoms with Gasteiger partial charge in [0, 0.05) is 47.6 Å². The second-order valence-electron chi connectivity index (χ2n) is 9.89. The third kappa shape index (κ3) is 3.70. The van der Waals surface area contributed by atoms with E-state index in [0.717, 1.165) is 6.92 Å². The van der Waals surface area contributed by atoms with Crippen LogP contribution >= 0.6 is 0 Å². The molecule has 1 aromatic rings. The Balaban J connectivity index is 2.24. The van der Waals surface area contributed by atoms with E-state index >= 15 is 0 Å². The van der Waals surface area contributed by atoms with Crippen molar-refractivity contribution in [1.82, 2.24) is 0 Å². The molecule has 0 radical (unpaired) electrons. The molecule has 0 aliphatic heterocycles. The number of ether oxygens (including phenoxy) is 2. The molecule has 1 fully saturated rings. The molecule has 0 spiro atoms. The molecule has 1 aromatic carbocycles. The molecule has 0 bridgehead atoms. The number of carbonyl (C=O) groups excluding carboxylic acids is 4. The number of Topliss-reactive ketones (excluding diaryl/α,β-unsaturated/α-hetero) is 2. The zero-order valence-corrected chi connectivity index (χ0v) is 19.8. The molecule has 0 saturated heterocycles. The van der Waals surface area contributed by atoms with E-state index in [2.05, 4.69) is 0 Å². The number of aliphatic hydroxyl groups is 1. The molecule has 34 heavy (non-hydrogen) atoms. The average Bonchev–Trinajstić information content (AvgIpc) is 2.73. The molecule has 1 saturated carbocycles. The summed E-state index contributed by atoms with van der Waals surface area (Å²) in [6, 6.07) is 0. The lowest BCUT2D eigenvalue weighted by molar-refractivity contribution is -0.166. The van der Waals surface area contributed by atoms with Gasteiger partial charge in [-0.1, -0.05) is 20.8 Å². The van der Waals surface area contributed by atoms with Crippen LogP contribution in [0.1, 0.15) is 74.9 Å². The van der Waals surface area contributed by atoms with Crippen molar-refractivity contribution in [3.05, 3.63) is 16.7 Å². The summed E-state index contributed by atoms with van der Waals surface area (Å²) < 4.78 is 10.3. The zero-order valence-electron chi connectivity index (χ0n) is 19.8. The summed E-state index contributed by atoms with van der Waals surface area (Å²) in [6.07, 6.45) is -0.129.